The first-order valence-corrected chi connectivity index (χ1v) is 12.7. The van der Waals surface area contributed by atoms with Crippen LogP contribution >= 0.6 is 0 Å². The number of nitrogens with one attached hydrogen (secondary N) is 1. The molecule has 0 saturated carbocycles. The number of halogens is 1. The Morgan fingerprint density at radius 1 is 1.09 bits per heavy atom. The van der Waals surface area contributed by atoms with Crippen LogP contribution in [0.2, 0.25) is 0 Å². The van der Waals surface area contributed by atoms with Gasteiger partial charge in [-0.15, -0.1) is 0 Å². The molecule has 0 unspecified atom stereocenters. The molecule has 0 saturated heterocycles. The van der Waals surface area contributed by atoms with Crippen LogP contribution in [0.4, 0.5) is 10.1 Å². The lowest BCUT2D eigenvalue weighted by Gasteiger charge is -2.32. The molecule has 2 aromatic carbocycles. The summed E-state index contributed by atoms with van der Waals surface area (Å²) in [5, 5.41) is 2.77. The van der Waals surface area contributed by atoms with Gasteiger partial charge in [0.25, 0.3) is 0 Å². The van der Waals surface area contributed by atoms with Crippen molar-refractivity contribution in [1.29, 1.82) is 0 Å². The Morgan fingerprint density at radius 2 is 1.73 bits per heavy atom. The van der Waals surface area contributed by atoms with Crippen molar-refractivity contribution >= 4 is 27.5 Å². The highest BCUT2D eigenvalue weighted by molar-refractivity contribution is 7.92. The number of carbonyl (C=O) groups is 2. The molecule has 2 aromatic rings. The van der Waals surface area contributed by atoms with Crippen LogP contribution in [-0.2, 0) is 26.2 Å². The van der Waals surface area contributed by atoms with E-state index < -0.39 is 34.3 Å². The smallest absolute Gasteiger partial charge is 0.244 e. The molecule has 1 N–H and O–H groups in total. The number of amides is 2. The van der Waals surface area contributed by atoms with Crippen LogP contribution in [0.25, 0.3) is 0 Å². The van der Waals surface area contributed by atoms with Gasteiger partial charge in [0.2, 0.25) is 21.8 Å². The standard InChI is InChI=1S/C24H32FN3O4S/c1-6-13-26-24(30)19(4)27(15-20-9-11-21(25)12-10-20)23(29)16-28(33(5,31)32)22-14-17(2)7-8-18(22)3/h7-12,14,19H,6,13,15-16H2,1-5H3,(H,26,30)/t19-/m1/s1. The third-order valence-corrected chi connectivity index (χ3v) is 6.42. The average Bonchev–Trinajstić information content (AvgIpc) is 2.75. The number of aryl methyl sites for hydroxylation is 2. The molecule has 0 radical (unpaired) electrons. The molecule has 0 heterocycles. The van der Waals surface area contributed by atoms with Gasteiger partial charge in [0, 0.05) is 13.1 Å². The highest BCUT2D eigenvalue weighted by Gasteiger charge is 2.30. The number of nitrogens with zero attached hydrogens (tertiary/aromatic N) is 2. The number of anilines is 1. The number of rotatable bonds is 10. The third kappa shape index (κ3) is 7.28. The minimum absolute atomic E-state index is 0.0320. The SMILES string of the molecule is CCCNC(=O)[C@@H](C)N(Cc1ccc(F)cc1)C(=O)CN(c1cc(C)ccc1C)S(C)(=O)=O. The van der Waals surface area contributed by atoms with Crippen LogP contribution < -0.4 is 9.62 Å². The summed E-state index contributed by atoms with van der Waals surface area (Å²) in [6.07, 6.45) is 1.78. The van der Waals surface area contributed by atoms with Gasteiger partial charge >= 0.3 is 0 Å². The van der Waals surface area contributed by atoms with E-state index in [0.29, 0.717) is 23.4 Å². The molecule has 2 rings (SSSR count). The molecule has 0 aliphatic carbocycles. The molecule has 2 amide bonds. The van der Waals surface area contributed by atoms with E-state index >= 15 is 0 Å². The van der Waals surface area contributed by atoms with Crippen molar-refractivity contribution in [2.45, 2.75) is 46.7 Å². The fourth-order valence-electron chi connectivity index (χ4n) is 3.35. The second kappa shape index (κ2) is 11.3. The summed E-state index contributed by atoms with van der Waals surface area (Å²) in [4.78, 5) is 27.4. The maximum absolute atomic E-state index is 13.4. The van der Waals surface area contributed by atoms with Crippen molar-refractivity contribution < 1.29 is 22.4 Å². The van der Waals surface area contributed by atoms with Crippen LogP contribution in [-0.4, -0.2) is 50.5 Å². The first kappa shape index (κ1) is 26.3. The van der Waals surface area contributed by atoms with Gasteiger partial charge in [0.15, 0.2) is 0 Å². The quantitative estimate of drug-likeness (QED) is 0.570. The van der Waals surface area contributed by atoms with Crippen molar-refractivity contribution in [3.63, 3.8) is 0 Å². The van der Waals surface area contributed by atoms with Crippen LogP contribution in [0.5, 0.6) is 0 Å². The monoisotopic (exact) mass is 477 g/mol. The summed E-state index contributed by atoms with van der Waals surface area (Å²) in [6, 6.07) is 10.1. The molecule has 1 atom stereocenters. The Hall–Kier alpha value is -2.94. The van der Waals surface area contributed by atoms with Crippen molar-refractivity contribution in [3.05, 3.63) is 65.0 Å². The lowest BCUT2D eigenvalue weighted by Crippen LogP contribution is -2.51. The minimum atomic E-state index is -3.79. The largest absolute Gasteiger partial charge is 0.354 e. The summed E-state index contributed by atoms with van der Waals surface area (Å²) in [5.74, 6) is -1.29. The zero-order valence-electron chi connectivity index (χ0n) is 19.8. The fourth-order valence-corrected chi connectivity index (χ4v) is 4.25. The predicted octanol–water partition coefficient (Wildman–Crippen LogP) is 3.15. The summed E-state index contributed by atoms with van der Waals surface area (Å²) in [7, 11) is -3.79. The first-order chi connectivity index (χ1) is 15.4. The van der Waals surface area contributed by atoms with Crippen LogP contribution in [0, 0.1) is 19.7 Å². The highest BCUT2D eigenvalue weighted by Crippen LogP contribution is 2.24. The minimum Gasteiger partial charge on any atom is -0.354 e. The van der Waals surface area contributed by atoms with Gasteiger partial charge in [-0.1, -0.05) is 31.2 Å². The Kier molecular flexibility index (Phi) is 8.99. The number of sulfonamides is 1. The normalized spacial score (nSPS) is 12.2. The lowest BCUT2D eigenvalue weighted by molar-refractivity contribution is -0.139. The molecule has 0 fully saturated rings. The Bertz CT molecular complexity index is 1090. The highest BCUT2D eigenvalue weighted by atomic mass is 32.2. The Balaban J connectivity index is 2.40. The summed E-state index contributed by atoms with van der Waals surface area (Å²) in [6.45, 7) is 7.15. The van der Waals surface area contributed by atoms with E-state index in [-0.39, 0.29) is 12.5 Å². The zero-order valence-corrected chi connectivity index (χ0v) is 20.6. The molecule has 9 heteroatoms. The van der Waals surface area contributed by atoms with E-state index in [0.717, 1.165) is 22.5 Å². The molecule has 180 valence electrons. The van der Waals surface area contributed by atoms with Gasteiger partial charge in [-0.25, -0.2) is 12.8 Å². The van der Waals surface area contributed by atoms with E-state index in [2.05, 4.69) is 5.32 Å². The maximum atomic E-state index is 13.4. The van der Waals surface area contributed by atoms with Gasteiger partial charge in [0.05, 0.1) is 11.9 Å². The third-order valence-electron chi connectivity index (χ3n) is 5.30. The molecule has 0 bridgehead atoms. The van der Waals surface area contributed by atoms with Gasteiger partial charge in [-0.3, -0.25) is 13.9 Å². The Labute approximate surface area is 195 Å². The molecular formula is C24H32FN3O4S. The molecule has 0 aliphatic heterocycles. The van der Waals surface area contributed by atoms with Crippen LogP contribution in [0.3, 0.4) is 0 Å². The maximum Gasteiger partial charge on any atom is 0.244 e. The average molecular weight is 478 g/mol. The number of hydrogen-bond donors (Lipinski definition) is 1. The summed E-state index contributed by atoms with van der Waals surface area (Å²) < 4.78 is 39.7. The fraction of sp³-hybridized carbons (Fsp3) is 0.417. The molecule has 0 aliphatic rings. The molecule has 7 nitrogen and oxygen atoms in total. The van der Waals surface area contributed by atoms with E-state index in [1.807, 2.05) is 19.9 Å². The second-order valence-corrected chi connectivity index (χ2v) is 10.1. The van der Waals surface area contributed by atoms with Crippen LogP contribution in [0.1, 0.15) is 37.0 Å². The van der Waals surface area contributed by atoms with Crippen LogP contribution in [0.15, 0.2) is 42.5 Å². The van der Waals surface area contributed by atoms with Crippen molar-refractivity contribution in [2.75, 3.05) is 23.7 Å². The van der Waals surface area contributed by atoms with E-state index in [9.17, 15) is 22.4 Å². The van der Waals surface area contributed by atoms with E-state index in [1.54, 1.807) is 26.0 Å². The van der Waals surface area contributed by atoms with E-state index in [4.69, 9.17) is 0 Å². The van der Waals surface area contributed by atoms with Gasteiger partial charge in [0.1, 0.15) is 18.4 Å². The number of benzene rings is 2. The molecular weight excluding hydrogens is 445 g/mol. The number of carbonyl (C=O) groups excluding carboxylic acids is 2. The van der Waals surface area contributed by atoms with Gasteiger partial charge in [-0.2, -0.15) is 0 Å². The topological polar surface area (TPSA) is 86.8 Å². The predicted molar refractivity (Wildman–Crippen MR) is 128 cm³/mol. The Morgan fingerprint density at radius 3 is 2.30 bits per heavy atom. The van der Waals surface area contributed by atoms with Crippen molar-refractivity contribution in [1.82, 2.24) is 10.2 Å². The van der Waals surface area contributed by atoms with Gasteiger partial charge in [-0.05, 0) is 62.1 Å². The van der Waals surface area contributed by atoms with Crippen molar-refractivity contribution in [2.24, 2.45) is 0 Å². The molecule has 33 heavy (non-hydrogen) atoms. The lowest BCUT2D eigenvalue weighted by atomic mass is 10.1. The summed E-state index contributed by atoms with van der Waals surface area (Å²) >= 11 is 0. The second-order valence-electron chi connectivity index (χ2n) is 8.17. The van der Waals surface area contributed by atoms with E-state index in [1.165, 1.54) is 29.2 Å². The molecule has 0 aromatic heterocycles. The van der Waals surface area contributed by atoms with Crippen molar-refractivity contribution in [3.8, 4) is 0 Å². The summed E-state index contributed by atoms with van der Waals surface area (Å²) in [5.41, 5.74) is 2.60. The number of hydrogen-bond acceptors (Lipinski definition) is 4. The molecule has 0 spiro atoms. The zero-order chi connectivity index (χ0) is 24.8. The van der Waals surface area contributed by atoms with Gasteiger partial charge < -0.3 is 10.2 Å². The first-order valence-electron chi connectivity index (χ1n) is 10.8.